The Hall–Kier alpha value is -2.44. The lowest BCUT2D eigenvalue weighted by Gasteiger charge is -2.05. The first-order valence-corrected chi connectivity index (χ1v) is 6.90. The fourth-order valence-electron chi connectivity index (χ4n) is 2.12. The van der Waals surface area contributed by atoms with Crippen molar-refractivity contribution < 1.29 is 4.92 Å². The number of nitro groups is 1. The lowest BCUT2D eigenvalue weighted by molar-refractivity contribution is -0.385. The van der Waals surface area contributed by atoms with Crippen molar-refractivity contribution in [2.45, 2.75) is 39.3 Å². The summed E-state index contributed by atoms with van der Waals surface area (Å²) in [5.41, 5.74) is 0.878. The Labute approximate surface area is 122 Å². The zero-order valence-electron chi connectivity index (χ0n) is 11.9. The van der Waals surface area contributed by atoms with Crippen molar-refractivity contribution in [2.75, 3.05) is 0 Å². The number of aromatic nitrogens is 3. The van der Waals surface area contributed by atoms with Crippen LogP contribution in [-0.4, -0.2) is 19.3 Å². The molecule has 21 heavy (non-hydrogen) atoms. The fourth-order valence-corrected chi connectivity index (χ4v) is 2.12. The Morgan fingerprint density at radius 1 is 1.19 bits per heavy atom. The van der Waals surface area contributed by atoms with Crippen molar-refractivity contribution in [1.29, 1.82) is 0 Å². The van der Waals surface area contributed by atoms with E-state index in [9.17, 15) is 14.9 Å². The van der Waals surface area contributed by atoms with Crippen LogP contribution in [0.25, 0.3) is 0 Å². The van der Waals surface area contributed by atoms with Gasteiger partial charge < -0.3 is 4.57 Å². The molecule has 0 aromatic carbocycles. The molecule has 0 aliphatic heterocycles. The smallest absolute Gasteiger partial charge is 0.285 e. The van der Waals surface area contributed by atoms with Crippen molar-refractivity contribution in [3.63, 3.8) is 0 Å². The van der Waals surface area contributed by atoms with Gasteiger partial charge >= 0.3 is 0 Å². The van der Waals surface area contributed by atoms with Gasteiger partial charge in [0, 0.05) is 31.4 Å². The second-order valence-corrected chi connectivity index (χ2v) is 5.02. The summed E-state index contributed by atoms with van der Waals surface area (Å²) < 4.78 is 3.30. The number of nitrogens with zero attached hydrogens (tertiary/aromatic N) is 4. The summed E-state index contributed by atoms with van der Waals surface area (Å²) >= 11 is 0. The van der Waals surface area contributed by atoms with Gasteiger partial charge in [-0.05, 0) is 31.7 Å². The van der Waals surface area contributed by atoms with Crippen LogP contribution in [-0.2, 0) is 13.1 Å². The van der Waals surface area contributed by atoms with E-state index < -0.39 is 4.92 Å². The number of hydrogen-bond donors (Lipinski definition) is 0. The molecule has 0 saturated heterocycles. The molecule has 0 aliphatic rings. The first-order chi connectivity index (χ1) is 10.1. The minimum Gasteiger partial charge on any atom is -0.309 e. The van der Waals surface area contributed by atoms with Crippen molar-refractivity contribution in [3.8, 4) is 0 Å². The maximum absolute atomic E-state index is 11.6. The molecule has 0 aliphatic carbocycles. The topological polar surface area (TPSA) is 83.0 Å². The minimum atomic E-state index is -0.490. The Kier molecular flexibility index (Phi) is 4.86. The van der Waals surface area contributed by atoms with E-state index in [2.05, 4.69) is 5.10 Å². The summed E-state index contributed by atoms with van der Waals surface area (Å²) in [6.07, 6.45) is 7.83. The third-order valence-electron chi connectivity index (χ3n) is 3.23. The SMILES string of the molecule is Cc1cnn(CCCCCn2cc([N+](=O)[O-])ccc2=O)c1. The van der Waals surface area contributed by atoms with E-state index in [0.717, 1.165) is 31.4 Å². The van der Waals surface area contributed by atoms with Crippen LogP contribution in [0.4, 0.5) is 5.69 Å². The molecule has 0 bridgehead atoms. The molecular formula is C14H18N4O3. The maximum atomic E-state index is 11.6. The molecule has 2 heterocycles. The zero-order chi connectivity index (χ0) is 15.2. The highest BCUT2D eigenvalue weighted by Gasteiger charge is 2.07. The molecule has 2 rings (SSSR count). The standard InChI is InChI=1S/C14H18N4O3/c1-12-9-15-17(10-12)8-4-2-3-7-16-11-13(18(20)21)5-6-14(16)19/h5-6,9-11H,2-4,7-8H2,1H3. The lowest BCUT2D eigenvalue weighted by Crippen LogP contribution is -2.18. The second kappa shape index (κ2) is 6.83. The van der Waals surface area contributed by atoms with E-state index in [1.807, 2.05) is 24.0 Å². The van der Waals surface area contributed by atoms with Gasteiger partial charge in [-0.15, -0.1) is 0 Å². The second-order valence-electron chi connectivity index (χ2n) is 5.02. The molecule has 7 heteroatoms. The molecule has 0 amide bonds. The molecule has 0 saturated carbocycles. The van der Waals surface area contributed by atoms with Crippen molar-refractivity contribution in [3.05, 3.63) is 56.8 Å². The lowest BCUT2D eigenvalue weighted by atomic mass is 10.2. The van der Waals surface area contributed by atoms with Crippen LogP contribution in [0.15, 0.2) is 35.5 Å². The largest absolute Gasteiger partial charge is 0.309 e. The number of aryl methyl sites for hydroxylation is 3. The van der Waals surface area contributed by atoms with Gasteiger partial charge in [0.25, 0.3) is 11.2 Å². The van der Waals surface area contributed by atoms with E-state index in [1.54, 1.807) is 0 Å². The van der Waals surface area contributed by atoms with Gasteiger partial charge in [0.1, 0.15) is 0 Å². The fraction of sp³-hybridized carbons (Fsp3) is 0.429. The van der Waals surface area contributed by atoms with E-state index in [0.29, 0.717) is 6.54 Å². The highest BCUT2D eigenvalue weighted by molar-refractivity contribution is 5.24. The van der Waals surface area contributed by atoms with Crippen LogP contribution < -0.4 is 5.56 Å². The maximum Gasteiger partial charge on any atom is 0.285 e. The van der Waals surface area contributed by atoms with Crippen molar-refractivity contribution >= 4 is 5.69 Å². The molecule has 112 valence electrons. The molecule has 2 aromatic heterocycles. The van der Waals surface area contributed by atoms with Gasteiger partial charge in [-0.2, -0.15) is 5.10 Å². The van der Waals surface area contributed by atoms with Crippen molar-refractivity contribution in [2.24, 2.45) is 0 Å². The quantitative estimate of drug-likeness (QED) is 0.444. The molecule has 0 unspecified atom stereocenters. The van der Waals surface area contributed by atoms with Gasteiger partial charge in [-0.3, -0.25) is 19.6 Å². The molecule has 0 atom stereocenters. The van der Waals surface area contributed by atoms with Crippen LogP contribution in [0.1, 0.15) is 24.8 Å². The predicted octanol–water partition coefficient (Wildman–Crippen LogP) is 2.13. The predicted molar refractivity (Wildman–Crippen MR) is 78.2 cm³/mol. The van der Waals surface area contributed by atoms with Gasteiger partial charge in [-0.25, -0.2) is 0 Å². The first kappa shape index (κ1) is 15.0. The normalized spacial score (nSPS) is 10.7. The van der Waals surface area contributed by atoms with Gasteiger partial charge in [-0.1, -0.05) is 0 Å². The van der Waals surface area contributed by atoms with Gasteiger partial charge in [0.2, 0.25) is 0 Å². The Bertz CT molecular complexity index is 675. The highest BCUT2D eigenvalue weighted by atomic mass is 16.6. The number of unbranched alkanes of at least 4 members (excludes halogenated alkanes) is 2. The summed E-state index contributed by atoms with van der Waals surface area (Å²) in [7, 11) is 0. The van der Waals surface area contributed by atoms with Crippen molar-refractivity contribution in [1.82, 2.24) is 14.3 Å². The average Bonchev–Trinajstić information content (AvgIpc) is 2.85. The molecule has 0 N–H and O–H groups in total. The number of pyridine rings is 1. The third kappa shape index (κ3) is 4.27. The van der Waals surface area contributed by atoms with Gasteiger partial charge in [0.15, 0.2) is 0 Å². The Balaban J connectivity index is 1.79. The zero-order valence-corrected chi connectivity index (χ0v) is 11.9. The van der Waals surface area contributed by atoms with E-state index >= 15 is 0 Å². The molecule has 0 fully saturated rings. The van der Waals surface area contributed by atoms with Crippen LogP contribution in [0, 0.1) is 17.0 Å². The minimum absolute atomic E-state index is 0.0541. The monoisotopic (exact) mass is 290 g/mol. The number of hydrogen-bond acceptors (Lipinski definition) is 4. The van der Waals surface area contributed by atoms with Crippen LogP contribution in [0.5, 0.6) is 0 Å². The summed E-state index contributed by atoms with van der Waals surface area (Å²) in [6, 6.07) is 2.48. The average molecular weight is 290 g/mol. The van der Waals surface area contributed by atoms with E-state index in [1.165, 1.54) is 22.9 Å². The number of rotatable bonds is 7. The molecular weight excluding hydrogens is 272 g/mol. The van der Waals surface area contributed by atoms with Crippen LogP contribution >= 0.6 is 0 Å². The van der Waals surface area contributed by atoms with E-state index in [4.69, 9.17) is 0 Å². The molecule has 7 nitrogen and oxygen atoms in total. The summed E-state index contributed by atoms with van der Waals surface area (Å²) in [5, 5.41) is 14.9. The van der Waals surface area contributed by atoms with Crippen LogP contribution in [0.2, 0.25) is 0 Å². The third-order valence-corrected chi connectivity index (χ3v) is 3.23. The molecule has 0 spiro atoms. The van der Waals surface area contributed by atoms with Gasteiger partial charge in [0.05, 0.1) is 17.3 Å². The molecule has 2 aromatic rings. The Morgan fingerprint density at radius 2 is 1.95 bits per heavy atom. The molecule has 0 radical (unpaired) electrons. The van der Waals surface area contributed by atoms with Crippen LogP contribution in [0.3, 0.4) is 0 Å². The summed E-state index contributed by atoms with van der Waals surface area (Å²) in [5.74, 6) is 0. The van der Waals surface area contributed by atoms with E-state index in [-0.39, 0.29) is 11.2 Å². The highest BCUT2D eigenvalue weighted by Crippen LogP contribution is 2.08. The first-order valence-electron chi connectivity index (χ1n) is 6.90. The summed E-state index contributed by atoms with van der Waals surface area (Å²) in [4.78, 5) is 21.8. The summed E-state index contributed by atoms with van der Waals surface area (Å²) in [6.45, 7) is 3.34. The Morgan fingerprint density at radius 3 is 2.62 bits per heavy atom.